The molecule has 0 heterocycles. The van der Waals surface area contributed by atoms with Gasteiger partial charge in [-0.2, -0.15) is 0 Å². The minimum Gasteiger partial charge on any atom is -0.449 e. The van der Waals surface area contributed by atoms with Crippen molar-refractivity contribution in [3.8, 4) is 0 Å². The van der Waals surface area contributed by atoms with Crippen LogP contribution in [0.4, 0.5) is 21.7 Å². The van der Waals surface area contributed by atoms with Gasteiger partial charge in [-0.15, -0.1) is 0 Å². The van der Waals surface area contributed by atoms with Crippen molar-refractivity contribution in [2.45, 2.75) is 43.8 Å². The molecule has 0 aliphatic heterocycles. The minimum absolute atomic E-state index is 0.126. The molecule has 0 radical (unpaired) electrons. The normalized spacial score (nSPS) is 29.8. The second-order valence-electron chi connectivity index (χ2n) is 3.69. The van der Waals surface area contributed by atoms with E-state index >= 15 is 0 Å². The van der Waals surface area contributed by atoms with Crippen LogP contribution in [0.5, 0.6) is 0 Å². The first-order valence-electron chi connectivity index (χ1n) is 4.39. The number of alkyl halides is 2. The maximum Gasteiger partial charge on any atom is 0.481 e. The Morgan fingerprint density at radius 1 is 1.08 bits per heavy atom. The van der Waals surface area contributed by atoms with Crippen LogP contribution in [0.25, 0.3) is 0 Å². The van der Waals surface area contributed by atoms with Gasteiger partial charge in [-0.05, 0) is 12.8 Å². The van der Waals surface area contributed by atoms with Gasteiger partial charge in [0.15, 0.2) is 0 Å². The standard InChI is InChI=1S/C7H11BF5/c9-7(10)4-2-1-3-6(5-7)8(11,12)13/h6H,1-5H2/q-1. The van der Waals surface area contributed by atoms with Gasteiger partial charge in [-0.25, -0.2) is 8.78 Å². The molecule has 1 atom stereocenters. The monoisotopic (exact) mass is 201 g/mol. The van der Waals surface area contributed by atoms with Gasteiger partial charge in [0.1, 0.15) is 0 Å². The molecule has 1 aliphatic carbocycles. The van der Waals surface area contributed by atoms with Crippen LogP contribution in [-0.4, -0.2) is 12.9 Å². The Bertz CT molecular complexity index is 176. The molecule has 13 heavy (non-hydrogen) atoms. The molecule has 1 aliphatic rings. The zero-order valence-corrected chi connectivity index (χ0v) is 7.08. The minimum atomic E-state index is -5.09. The first-order valence-corrected chi connectivity index (χ1v) is 4.39. The summed E-state index contributed by atoms with van der Waals surface area (Å²) in [5.41, 5.74) is 0. The van der Waals surface area contributed by atoms with Crippen LogP contribution in [0.3, 0.4) is 0 Å². The molecular weight excluding hydrogens is 190 g/mol. The number of hydrogen-bond donors (Lipinski definition) is 0. The van der Waals surface area contributed by atoms with Crippen LogP contribution < -0.4 is 0 Å². The lowest BCUT2D eigenvalue weighted by Gasteiger charge is -2.27. The fourth-order valence-electron chi connectivity index (χ4n) is 1.70. The van der Waals surface area contributed by atoms with Crippen LogP contribution in [0.15, 0.2) is 0 Å². The van der Waals surface area contributed by atoms with Crippen molar-refractivity contribution in [2.24, 2.45) is 0 Å². The van der Waals surface area contributed by atoms with Gasteiger partial charge in [-0.1, -0.05) is 18.7 Å². The van der Waals surface area contributed by atoms with E-state index in [0.29, 0.717) is 0 Å². The molecule has 0 aromatic heterocycles. The summed E-state index contributed by atoms with van der Waals surface area (Å²) < 4.78 is 62.1. The maximum atomic E-state index is 12.8. The Balaban J connectivity index is 2.65. The molecule has 0 nitrogen and oxygen atoms in total. The lowest BCUT2D eigenvalue weighted by molar-refractivity contribution is -0.0160. The highest BCUT2D eigenvalue weighted by Gasteiger charge is 2.43. The Hall–Kier alpha value is -0.285. The highest BCUT2D eigenvalue weighted by molar-refractivity contribution is 6.60. The predicted molar refractivity (Wildman–Crippen MR) is 40.9 cm³/mol. The van der Waals surface area contributed by atoms with Crippen LogP contribution in [0.2, 0.25) is 5.82 Å². The second-order valence-corrected chi connectivity index (χ2v) is 3.69. The van der Waals surface area contributed by atoms with Crippen LogP contribution in [0.1, 0.15) is 32.1 Å². The molecular formula is C7H11BF5-. The lowest BCUT2D eigenvalue weighted by atomic mass is 9.68. The average Bonchev–Trinajstić information content (AvgIpc) is 2.08. The molecule has 0 aromatic carbocycles. The summed E-state index contributed by atoms with van der Waals surface area (Å²) in [5.74, 6) is -4.86. The Labute approximate surface area is 73.6 Å². The van der Waals surface area contributed by atoms with Crippen molar-refractivity contribution < 1.29 is 21.7 Å². The van der Waals surface area contributed by atoms with Crippen molar-refractivity contribution in [1.82, 2.24) is 0 Å². The van der Waals surface area contributed by atoms with Crippen LogP contribution >= 0.6 is 0 Å². The zero-order valence-electron chi connectivity index (χ0n) is 7.08. The number of rotatable bonds is 1. The van der Waals surface area contributed by atoms with E-state index in [1.54, 1.807) is 0 Å². The first kappa shape index (κ1) is 10.8. The molecule has 0 N–H and O–H groups in total. The van der Waals surface area contributed by atoms with Crippen LogP contribution in [0, 0.1) is 0 Å². The molecule has 0 bridgehead atoms. The topological polar surface area (TPSA) is 0 Å². The zero-order chi connectivity index (χ0) is 10.1. The van der Waals surface area contributed by atoms with Crippen molar-refractivity contribution >= 4 is 6.98 Å². The van der Waals surface area contributed by atoms with Crippen molar-refractivity contribution in [2.75, 3.05) is 0 Å². The van der Waals surface area contributed by atoms with E-state index in [1.807, 2.05) is 0 Å². The summed E-state index contributed by atoms with van der Waals surface area (Å²) in [6, 6.07) is 0. The van der Waals surface area contributed by atoms with E-state index in [2.05, 4.69) is 0 Å². The van der Waals surface area contributed by atoms with Gasteiger partial charge >= 0.3 is 6.98 Å². The van der Waals surface area contributed by atoms with Crippen molar-refractivity contribution in [3.05, 3.63) is 0 Å². The second kappa shape index (κ2) is 3.46. The summed E-state index contributed by atoms with van der Waals surface area (Å²) in [4.78, 5) is 0. The third-order valence-electron chi connectivity index (χ3n) is 2.46. The Morgan fingerprint density at radius 2 is 1.69 bits per heavy atom. The fourth-order valence-corrected chi connectivity index (χ4v) is 1.70. The molecule has 78 valence electrons. The summed E-state index contributed by atoms with van der Waals surface area (Å²) in [6.07, 6.45) is -1.05. The van der Waals surface area contributed by atoms with Crippen molar-refractivity contribution in [3.63, 3.8) is 0 Å². The molecule has 0 aromatic rings. The molecule has 1 fully saturated rings. The fraction of sp³-hybridized carbons (Fsp3) is 1.00. The predicted octanol–water partition coefficient (Wildman–Crippen LogP) is 3.80. The SMILES string of the molecule is F[B-](F)(F)C1CCCCC(F)(F)C1. The lowest BCUT2D eigenvalue weighted by Crippen LogP contribution is -2.28. The first-order chi connectivity index (χ1) is 5.81. The van der Waals surface area contributed by atoms with E-state index in [-0.39, 0.29) is 19.3 Å². The molecule has 1 saturated carbocycles. The van der Waals surface area contributed by atoms with E-state index in [4.69, 9.17) is 0 Å². The van der Waals surface area contributed by atoms with E-state index in [0.717, 1.165) is 0 Å². The third kappa shape index (κ3) is 3.16. The van der Waals surface area contributed by atoms with Gasteiger partial charge in [0, 0.05) is 6.42 Å². The van der Waals surface area contributed by atoms with E-state index in [1.165, 1.54) is 0 Å². The van der Waals surface area contributed by atoms with Gasteiger partial charge < -0.3 is 12.9 Å². The van der Waals surface area contributed by atoms with Crippen molar-refractivity contribution in [1.29, 1.82) is 0 Å². The molecule has 1 unspecified atom stereocenters. The quantitative estimate of drug-likeness (QED) is 0.343. The van der Waals surface area contributed by atoms with Gasteiger partial charge in [0.25, 0.3) is 0 Å². The summed E-state index contributed by atoms with van der Waals surface area (Å²) in [6.45, 7) is -5.09. The summed E-state index contributed by atoms with van der Waals surface area (Å²) >= 11 is 0. The smallest absolute Gasteiger partial charge is 0.449 e. The molecule has 6 heteroatoms. The molecule has 0 saturated heterocycles. The molecule has 0 amide bonds. The number of halogens is 5. The maximum absolute atomic E-state index is 12.8. The Kier molecular flexibility index (Phi) is 2.87. The van der Waals surface area contributed by atoms with Gasteiger partial charge in [0.2, 0.25) is 5.92 Å². The highest BCUT2D eigenvalue weighted by Crippen LogP contribution is 2.44. The third-order valence-corrected chi connectivity index (χ3v) is 2.46. The molecule has 0 spiro atoms. The summed E-state index contributed by atoms with van der Waals surface area (Å²) in [5, 5.41) is 0. The summed E-state index contributed by atoms with van der Waals surface area (Å²) in [7, 11) is 0. The highest BCUT2D eigenvalue weighted by atomic mass is 19.4. The van der Waals surface area contributed by atoms with E-state index in [9.17, 15) is 21.7 Å². The average molecular weight is 201 g/mol. The Morgan fingerprint density at radius 3 is 2.23 bits per heavy atom. The van der Waals surface area contributed by atoms with Gasteiger partial charge in [0.05, 0.1) is 0 Å². The largest absolute Gasteiger partial charge is 0.481 e. The number of hydrogen-bond acceptors (Lipinski definition) is 0. The van der Waals surface area contributed by atoms with Gasteiger partial charge in [-0.3, -0.25) is 0 Å². The van der Waals surface area contributed by atoms with Crippen LogP contribution in [-0.2, 0) is 0 Å². The van der Waals surface area contributed by atoms with E-state index < -0.39 is 31.6 Å². The molecule has 1 rings (SSSR count).